The smallest absolute Gasteiger partial charge is 0.293 e. The van der Waals surface area contributed by atoms with Crippen molar-refractivity contribution in [1.82, 2.24) is 4.90 Å². The van der Waals surface area contributed by atoms with Gasteiger partial charge in [0.15, 0.2) is 0 Å². The standard InChI is InChI=1S/C24H24N2O5S/c27-23-22(32-24(28)25(23)15-17-6-2-1-3-7-17)14-19-8-4-5-9-21(19)31-16-18-10-12-20(13-11-18)26(29)30/h4-5,8-14,17H,1-3,6-7,15-16H2/b22-14+. The molecular formula is C24H24N2O5S. The first-order valence-corrected chi connectivity index (χ1v) is 11.5. The highest BCUT2D eigenvalue weighted by Gasteiger charge is 2.36. The maximum absolute atomic E-state index is 12.9. The Hall–Kier alpha value is -3.13. The van der Waals surface area contributed by atoms with Gasteiger partial charge in [-0.05, 0) is 60.4 Å². The van der Waals surface area contributed by atoms with E-state index >= 15 is 0 Å². The zero-order chi connectivity index (χ0) is 22.5. The first-order valence-electron chi connectivity index (χ1n) is 10.7. The van der Waals surface area contributed by atoms with Crippen LogP contribution in [-0.2, 0) is 11.4 Å². The lowest BCUT2D eigenvalue weighted by molar-refractivity contribution is -0.384. The maximum atomic E-state index is 12.9. The molecule has 0 radical (unpaired) electrons. The molecule has 1 saturated carbocycles. The van der Waals surface area contributed by atoms with E-state index in [1.807, 2.05) is 18.2 Å². The van der Waals surface area contributed by atoms with Crippen molar-refractivity contribution in [3.8, 4) is 5.75 Å². The Morgan fingerprint density at radius 3 is 2.50 bits per heavy atom. The van der Waals surface area contributed by atoms with Gasteiger partial charge >= 0.3 is 0 Å². The topological polar surface area (TPSA) is 89.7 Å². The summed E-state index contributed by atoms with van der Waals surface area (Å²) in [5.74, 6) is 0.731. The summed E-state index contributed by atoms with van der Waals surface area (Å²) >= 11 is 0.972. The van der Waals surface area contributed by atoms with E-state index in [0.29, 0.717) is 28.7 Å². The quantitative estimate of drug-likeness (QED) is 0.300. The fourth-order valence-corrected chi connectivity index (χ4v) is 4.87. The number of imide groups is 1. The van der Waals surface area contributed by atoms with Crippen LogP contribution in [-0.4, -0.2) is 27.5 Å². The first kappa shape index (κ1) is 22.1. The summed E-state index contributed by atoms with van der Waals surface area (Å²) in [6.45, 7) is 0.728. The number of benzene rings is 2. The van der Waals surface area contributed by atoms with Crippen LogP contribution in [0.2, 0.25) is 0 Å². The second-order valence-corrected chi connectivity index (χ2v) is 9.04. The molecule has 2 aromatic carbocycles. The molecule has 7 nitrogen and oxygen atoms in total. The van der Waals surface area contributed by atoms with Gasteiger partial charge in [-0.15, -0.1) is 0 Å². The van der Waals surface area contributed by atoms with Crippen LogP contribution in [0.1, 0.15) is 43.2 Å². The number of rotatable bonds is 7. The molecule has 1 aliphatic carbocycles. The molecule has 0 unspecified atom stereocenters. The van der Waals surface area contributed by atoms with Crippen molar-refractivity contribution in [2.45, 2.75) is 38.7 Å². The van der Waals surface area contributed by atoms with Crippen LogP contribution in [0, 0.1) is 16.0 Å². The molecular weight excluding hydrogens is 428 g/mol. The van der Waals surface area contributed by atoms with E-state index in [9.17, 15) is 19.7 Å². The van der Waals surface area contributed by atoms with Crippen molar-refractivity contribution in [3.05, 3.63) is 74.7 Å². The van der Waals surface area contributed by atoms with Gasteiger partial charge in [-0.3, -0.25) is 24.6 Å². The number of ether oxygens (including phenoxy) is 1. The van der Waals surface area contributed by atoms with E-state index in [-0.39, 0.29) is 23.4 Å². The summed E-state index contributed by atoms with van der Waals surface area (Å²) in [5, 5.41) is 10.6. The Morgan fingerprint density at radius 1 is 1.06 bits per heavy atom. The normalized spacial score (nSPS) is 18.4. The van der Waals surface area contributed by atoms with Crippen molar-refractivity contribution in [1.29, 1.82) is 0 Å². The molecule has 2 fully saturated rings. The van der Waals surface area contributed by atoms with Gasteiger partial charge in [-0.25, -0.2) is 0 Å². The average Bonchev–Trinajstić information content (AvgIpc) is 3.07. The van der Waals surface area contributed by atoms with Gasteiger partial charge in [-0.2, -0.15) is 0 Å². The zero-order valence-corrected chi connectivity index (χ0v) is 18.4. The lowest BCUT2D eigenvalue weighted by Crippen LogP contribution is -2.34. The molecule has 0 atom stereocenters. The van der Waals surface area contributed by atoms with Crippen LogP contribution in [0.25, 0.3) is 6.08 Å². The van der Waals surface area contributed by atoms with E-state index in [4.69, 9.17) is 4.74 Å². The van der Waals surface area contributed by atoms with Crippen LogP contribution >= 0.6 is 11.8 Å². The molecule has 0 N–H and O–H groups in total. The van der Waals surface area contributed by atoms with E-state index in [0.717, 1.165) is 43.0 Å². The molecule has 2 aliphatic rings. The lowest BCUT2D eigenvalue weighted by Gasteiger charge is -2.25. The SMILES string of the molecule is O=C1S/C(=C/c2ccccc2OCc2ccc([N+](=O)[O-])cc2)C(=O)N1CC1CCCCC1. The number of hydrogen-bond acceptors (Lipinski definition) is 6. The van der Waals surface area contributed by atoms with Crippen molar-refractivity contribution in [2.75, 3.05) is 6.54 Å². The van der Waals surface area contributed by atoms with Crippen molar-refractivity contribution < 1.29 is 19.2 Å². The minimum atomic E-state index is -0.443. The molecule has 1 heterocycles. The lowest BCUT2D eigenvalue weighted by atomic mass is 9.89. The highest BCUT2D eigenvalue weighted by Crippen LogP contribution is 2.36. The van der Waals surface area contributed by atoms with Crippen LogP contribution in [0.3, 0.4) is 0 Å². The van der Waals surface area contributed by atoms with E-state index < -0.39 is 4.92 Å². The summed E-state index contributed by atoms with van der Waals surface area (Å²) in [7, 11) is 0. The third kappa shape index (κ3) is 5.19. The predicted octanol–water partition coefficient (Wildman–Crippen LogP) is 5.79. The average molecular weight is 453 g/mol. The van der Waals surface area contributed by atoms with Gasteiger partial charge in [0.25, 0.3) is 16.8 Å². The molecule has 2 amide bonds. The number of non-ortho nitro benzene ring substituents is 1. The fraction of sp³-hybridized carbons (Fsp3) is 0.333. The second kappa shape index (κ2) is 9.99. The minimum Gasteiger partial charge on any atom is -0.488 e. The highest BCUT2D eigenvalue weighted by molar-refractivity contribution is 8.18. The summed E-state index contributed by atoms with van der Waals surface area (Å²) < 4.78 is 5.91. The van der Waals surface area contributed by atoms with Crippen LogP contribution in [0.5, 0.6) is 5.75 Å². The van der Waals surface area contributed by atoms with Gasteiger partial charge in [0.1, 0.15) is 12.4 Å². The number of nitrogens with zero attached hydrogens (tertiary/aromatic N) is 2. The number of nitro benzene ring substituents is 1. The van der Waals surface area contributed by atoms with Crippen molar-refractivity contribution in [3.63, 3.8) is 0 Å². The largest absolute Gasteiger partial charge is 0.488 e. The molecule has 8 heteroatoms. The number of para-hydroxylation sites is 1. The summed E-state index contributed by atoms with van der Waals surface area (Å²) in [4.78, 5) is 37.5. The Balaban J connectivity index is 1.45. The van der Waals surface area contributed by atoms with Crippen molar-refractivity contribution in [2.24, 2.45) is 5.92 Å². The number of nitro groups is 1. The third-order valence-electron chi connectivity index (χ3n) is 5.79. The monoisotopic (exact) mass is 452 g/mol. The summed E-state index contributed by atoms with van der Waals surface area (Å²) in [5.41, 5.74) is 1.52. The zero-order valence-electron chi connectivity index (χ0n) is 17.6. The van der Waals surface area contributed by atoms with Crippen LogP contribution in [0.15, 0.2) is 53.4 Å². The molecule has 4 rings (SSSR count). The molecule has 2 aromatic rings. The molecule has 166 valence electrons. The number of carbonyl (C=O) groups excluding carboxylic acids is 2. The molecule has 1 aliphatic heterocycles. The Morgan fingerprint density at radius 2 is 1.78 bits per heavy atom. The summed E-state index contributed by atoms with van der Waals surface area (Å²) in [6, 6.07) is 13.5. The Bertz CT molecular complexity index is 1040. The Labute approximate surface area is 190 Å². The number of carbonyl (C=O) groups is 2. The van der Waals surface area contributed by atoms with E-state index in [1.54, 1.807) is 24.3 Å². The molecule has 0 bridgehead atoms. The van der Waals surface area contributed by atoms with Gasteiger partial charge < -0.3 is 4.74 Å². The van der Waals surface area contributed by atoms with Crippen molar-refractivity contribution >= 4 is 34.7 Å². The molecule has 1 saturated heterocycles. The van der Waals surface area contributed by atoms with E-state index in [1.165, 1.54) is 23.5 Å². The maximum Gasteiger partial charge on any atom is 0.293 e. The van der Waals surface area contributed by atoms with Gasteiger partial charge in [0.2, 0.25) is 0 Å². The molecule has 0 spiro atoms. The number of hydrogen-bond donors (Lipinski definition) is 0. The van der Waals surface area contributed by atoms with Gasteiger partial charge in [0.05, 0.1) is 9.83 Å². The van der Waals surface area contributed by atoms with Gasteiger partial charge in [0, 0.05) is 24.2 Å². The first-order chi connectivity index (χ1) is 15.5. The second-order valence-electron chi connectivity index (χ2n) is 8.05. The predicted molar refractivity (Wildman–Crippen MR) is 123 cm³/mol. The minimum absolute atomic E-state index is 0.0260. The van der Waals surface area contributed by atoms with Gasteiger partial charge in [-0.1, -0.05) is 37.5 Å². The summed E-state index contributed by atoms with van der Waals surface area (Å²) in [6.07, 6.45) is 7.40. The molecule has 32 heavy (non-hydrogen) atoms. The van der Waals surface area contributed by atoms with E-state index in [2.05, 4.69) is 0 Å². The van der Waals surface area contributed by atoms with Crippen LogP contribution < -0.4 is 4.74 Å². The number of thioether (sulfide) groups is 1. The van der Waals surface area contributed by atoms with Crippen LogP contribution in [0.4, 0.5) is 10.5 Å². The highest BCUT2D eigenvalue weighted by atomic mass is 32.2. The molecule has 0 aromatic heterocycles. The number of amides is 2. The third-order valence-corrected chi connectivity index (χ3v) is 6.69. The Kier molecular flexibility index (Phi) is 6.90. The fourth-order valence-electron chi connectivity index (χ4n) is 4.03.